The monoisotopic (exact) mass is 389 g/mol. The van der Waals surface area contributed by atoms with Crippen molar-refractivity contribution in [3.63, 3.8) is 0 Å². The predicted molar refractivity (Wildman–Crippen MR) is 111 cm³/mol. The van der Waals surface area contributed by atoms with Crippen molar-refractivity contribution in [2.75, 3.05) is 13.1 Å². The summed E-state index contributed by atoms with van der Waals surface area (Å²) >= 11 is 1.57. The highest BCUT2D eigenvalue weighted by Crippen LogP contribution is 2.27. The Morgan fingerprint density at radius 3 is 2.67 bits per heavy atom. The first kappa shape index (κ1) is 21.2. The molecule has 2 amide bonds. The SMILES string of the molecule is CCNC(=O)N(Cc1csc(COc2ccccc2C(C)C)n1)CC(C)C. The summed E-state index contributed by atoms with van der Waals surface area (Å²) < 4.78 is 6.01. The van der Waals surface area contributed by atoms with E-state index in [9.17, 15) is 4.79 Å². The Balaban J connectivity index is 2.00. The van der Waals surface area contributed by atoms with Crippen molar-refractivity contribution >= 4 is 17.4 Å². The Morgan fingerprint density at radius 1 is 1.26 bits per heavy atom. The molecule has 5 nitrogen and oxygen atoms in total. The highest BCUT2D eigenvalue weighted by molar-refractivity contribution is 7.09. The maximum absolute atomic E-state index is 12.3. The molecule has 0 aliphatic carbocycles. The van der Waals surface area contributed by atoms with Crippen LogP contribution in [0.25, 0.3) is 0 Å². The van der Waals surface area contributed by atoms with Crippen LogP contribution in [0.1, 0.15) is 56.8 Å². The summed E-state index contributed by atoms with van der Waals surface area (Å²) in [5.74, 6) is 1.73. The van der Waals surface area contributed by atoms with Gasteiger partial charge in [0.05, 0.1) is 12.2 Å². The number of nitrogens with one attached hydrogen (secondary N) is 1. The second-order valence-electron chi connectivity index (χ2n) is 7.32. The molecule has 1 aromatic carbocycles. The van der Waals surface area contributed by atoms with Gasteiger partial charge in [0, 0.05) is 18.5 Å². The van der Waals surface area contributed by atoms with E-state index in [1.54, 1.807) is 11.3 Å². The summed E-state index contributed by atoms with van der Waals surface area (Å²) in [7, 11) is 0. The largest absolute Gasteiger partial charge is 0.486 e. The van der Waals surface area contributed by atoms with Crippen molar-refractivity contribution in [2.24, 2.45) is 5.92 Å². The molecular formula is C21H31N3O2S. The van der Waals surface area contributed by atoms with E-state index in [4.69, 9.17) is 4.74 Å². The Kier molecular flexibility index (Phi) is 8.10. The molecule has 0 unspecified atom stereocenters. The average molecular weight is 390 g/mol. The van der Waals surface area contributed by atoms with E-state index in [0.29, 0.717) is 38.1 Å². The summed E-state index contributed by atoms with van der Waals surface area (Å²) in [6, 6.07) is 8.09. The summed E-state index contributed by atoms with van der Waals surface area (Å²) in [6.07, 6.45) is 0. The fourth-order valence-electron chi connectivity index (χ4n) is 2.83. The minimum absolute atomic E-state index is 0.0390. The van der Waals surface area contributed by atoms with Crippen LogP contribution in [0.15, 0.2) is 29.6 Å². The molecule has 2 rings (SSSR count). The molecule has 1 N–H and O–H groups in total. The van der Waals surface area contributed by atoms with Gasteiger partial charge in [0.15, 0.2) is 0 Å². The molecule has 1 heterocycles. The van der Waals surface area contributed by atoms with Gasteiger partial charge in [-0.15, -0.1) is 11.3 Å². The van der Waals surface area contributed by atoms with Crippen molar-refractivity contribution in [3.05, 3.63) is 45.9 Å². The number of benzene rings is 1. The Labute approximate surface area is 166 Å². The Bertz CT molecular complexity index is 728. The Morgan fingerprint density at radius 2 is 2.00 bits per heavy atom. The number of ether oxygens (including phenoxy) is 1. The number of carbonyl (C=O) groups is 1. The minimum Gasteiger partial charge on any atom is -0.486 e. The molecular weight excluding hydrogens is 358 g/mol. The van der Waals surface area contributed by atoms with Gasteiger partial charge in [-0.3, -0.25) is 0 Å². The number of rotatable bonds is 9. The smallest absolute Gasteiger partial charge is 0.317 e. The highest BCUT2D eigenvalue weighted by atomic mass is 32.1. The number of hydrogen-bond acceptors (Lipinski definition) is 4. The van der Waals surface area contributed by atoms with Gasteiger partial charge >= 0.3 is 6.03 Å². The molecule has 0 bridgehead atoms. The second kappa shape index (κ2) is 10.3. The lowest BCUT2D eigenvalue weighted by Gasteiger charge is -2.23. The molecule has 0 atom stereocenters. The molecule has 0 radical (unpaired) electrons. The van der Waals surface area contributed by atoms with Crippen LogP contribution >= 0.6 is 11.3 Å². The van der Waals surface area contributed by atoms with E-state index >= 15 is 0 Å². The molecule has 1 aromatic heterocycles. The maximum atomic E-state index is 12.3. The highest BCUT2D eigenvalue weighted by Gasteiger charge is 2.16. The van der Waals surface area contributed by atoms with Crippen LogP contribution in [-0.4, -0.2) is 29.0 Å². The number of urea groups is 1. The topological polar surface area (TPSA) is 54.5 Å². The predicted octanol–water partition coefficient (Wildman–Crippen LogP) is 5.03. The molecule has 0 fully saturated rings. The van der Waals surface area contributed by atoms with E-state index in [1.165, 1.54) is 5.56 Å². The van der Waals surface area contributed by atoms with Crippen molar-refractivity contribution < 1.29 is 9.53 Å². The lowest BCUT2D eigenvalue weighted by Crippen LogP contribution is -2.41. The fraction of sp³-hybridized carbons (Fsp3) is 0.524. The van der Waals surface area contributed by atoms with E-state index in [2.05, 4.69) is 44.1 Å². The van der Waals surface area contributed by atoms with E-state index in [0.717, 1.165) is 16.5 Å². The maximum Gasteiger partial charge on any atom is 0.317 e. The molecule has 2 aromatic rings. The first-order valence-electron chi connectivity index (χ1n) is 9.58. The lowest BCUT2D eigenvalue weighted by atomic mass is 10.0. The molecule has 0 saturated heterocycles. The van der Waals surface area contributed by atoms with Crippen LogP contribution in [0.5, 0.6) is 5.75 Å². The fourth-order valence-corrected chi connectivity index (χ4v) is 3.53. The molecule has 0 saturated carbocycles. The third kappa shape index (κ3) is 6.54. The third-order valence-corrected chi connectivity index (χ3v) is 4.92. The zero-order valence-electron chi connectivity index (χ0n) is 17.0. The number of para-hydroxylation sites is 1. The number of nitrogens with zero attached hydrogens (tertiary/aromatic N) is 2. The molecule has 0 aliphatic heterocycles. The number of hydrogen-bond donors (Lipinski definition) is 1. The van der Waals surface area contributed by atoms with E-state index < -0.39 is 0 Å². The molecule has 27 heavy (non-hydrogen) atoms. The standard InChI is InChI=1S/C21H31N3O2S/c1-6-22-21(25)24(11-15(2)3)12-17-14-27-20(23-17)13-26-19-10-8-7-9-18(19)16(4)5/h7-10,14-16H,6,11-13H2,1-5H3,(H,22,25). The van der Waals surface area contributed by atoms with Gasteiger partial charge in [0.25, 0.3) is 0 Å². The number of thiazole rings is 1. The van der Waals surface area contributed by atoms with Gasteiger partial charge in [-0.1, -0.05) is 45.9 Å². The minimum atomic E-state index is -0.0390. The van der Waals surface area contributed by atoms with Crippen LogP contribution < -0.4 is 10.1 Å². The molecule has 148 valence electrons. The summed E-state index contributed by atoms with van der Waals surface area (Å²) in [5, 5.41) is 5.81. The summed E-state index contributed by atoms with van der Waals surface area (Å²) in [5.41, 5.74) is 2.11. The van der Waals surface area contributed by atoms with Gasteiger partial charge in [0.2, 0.25) is 0 Å². The van der Waals surface area contributed by atoms with E-state index in [1.807, 2.05) is 35.4 Å². The van der Waals surface area contributed by atoms with Crippen LogP contribution in [0, 0.1) is 5.92 Å². The van der Waals surface area contributed by atoms with Gasteiger partial charge in [-0.05, 0) is 30.4 Å². The summed E-state index contributed by atoms with van der Waals surface area (Å²) in [4.78, 5) is 18.8. The average Bonchev–Trinajstić information content (AvgIpc) is 3.07. The first-order valence-corrected chi connectivity index (χ1v) is 10.5. The number of aromatic nitrogens is 1. The first-order chi connectivity index (χ1) is 12.9. The third-order valence-electron chi connectivity index (χ3n) is 4.05. The van der Waals surface area contributed by atoms with Crippen LogP contribution in [0.4, 0.5) is 4.79 Å². The number of carbonyl (C=O) groups excluding carboxylic acids is 1. The Hall–Kier alpha value is -2.08. The van der Waals surface area contributed by atoms with Crippen molar-refractivity contribution in [2.45, 2.75) is 53.7 Å². The normalized spacial score (nSPS) is 11.1. The van der Waals surface area contributed by atoms with E-state index in [-0.39, 0.29) is 6.03 Å². The van der Waals surface area contributed by atoms with Crippen LogP contribution in [-0.2, 0) is 13.2 Å². The number of amides is 2. The van der Waals surface area contributed by atoms with Crippen molar-refractivity contribution in [1.29, 1.82) is 0 Å². The van der Waals surface area contributed by atoms with Gasteiger partial charge in [-0.25, -0.2) is 9.78 Å². The lowest BCUT2D eigenvalue weighted by molar-refractivity contribution is 0.187. The second-order valence-corrected chi connectivity index (χ2v) is 8.27. The van der Waals surface area contributed by atoms with Crippen molar-refractivity contribution in [3.8, 4) is 5.75 Å². The molecule has 0 spiro atoms. The van der Waals surface area contributed by atoms with Gasteiger partial charge < -0.3 is 15.0 Å². The van der Waals surface area contributed by atoms with Gasteiger partial charge in [-0.2, -0.15) is 0 Å². The van der Waals surface area contributed by atoms with Crippen LogP contribution in [0.3, 0.4) is 0 Å². The van der Waals surface area contributed by atoms with Crippen molar-refractivity contribution in [1.82, 2.24) is 15.2 Å². The zero-order chi connectivity index (χ0) is 19.8. The molecule has 6 heteroatoms. The zero-order valence-corrected chi connectivity index (χ0v) is 17.8. The summed E-state index contributed by atoms with van der Waals surface area (Å²) in [6.45, 7) is 12.8. The quantitative estimate of drug-likeness (QED) is 0.654. The molecule has 0 aliphatic rings. The van der Waals surface area contributed by atoms with Gasteiger partial charge in [0.1, 0.15) is 17.4 Å². The van der Waals surface area contributed by atoms with Crippen LogP contribution in [0.2, 0.25) is 0 Å².